The van der Waals surface area contributed by atoms with Crippen LogP contribution in [-0.2, 0) is 11.3 Å². The van der Waals surface area contributed by atoms with Crippen molar-refractivity contribution in [2.75, 3.05) is 6.61 Å². The fourth-order valence-corrected chi connectivity index (χ4v) is 3.00. The number of aryl methyl sites for hydroxylation is 2. The molecule has 0 saturated heterocycles. The first-order chi connectivity index (χ1) is 8.78. The molecule has 0 amide bonds. The lowest BCUT2D eigenvalue weighted by molar-refractivity contribution is -0.177. The van der Waals surface area contributed by atoms with Gasteiger partial charge in [-0.05, 0) is 19.4 Å². The van der Waals surface area contributed by atoms with E-state index in [1.54, 1.807) is 0 Å². The summed E-state index contributed by atoms with van der Waals surface area (Å²) in [5.74, 6) is 0.156. The number of halogens is 4. The van der Waals surface area contributed by atoms with Crippen LogP contribution in [0.2, 0.25) is 5.15 Å². The van der Waals surface area contributed by atoms with Crippen LogP contribution in [0.1, 0.15) is 16.3 Å². The Hall–Kier alpha value is -0.920. The van der Waals surface area contributed by atoms with Crippen LogP contribution >= 0.6 is 22.9 Å². The molecule has 0 spiro atoms. The van der Waals surface area contributed by atoms with Gasteiger partial charge in [0.1, 0.15) is 23.2 Å². The standard InChI is InChI=1S/C11H10ClF3N2OS/c1-5-6(2)19-10-8(5)9(12)16-7(17-10)3-18-4-11(13,14)15/h3-4H2,1-2H3. The molecule has 3 nitrogen and oxygen atoms in total. The molecule has 0 radical (unpaired) electrons. The molecule has 0 aliphatic heterocycles. The van der Waals surface area contributed by atoms with E-state index in [0.29, 0.717) is 4.83 Å². The first kappa shape index (κ1) is 14.5. The van der Waals surface area contributed by atoms with E-state index >= 15 is 0 Å². The molecular weight excluding hydrogens is 301 g/mol. The Kier molecular flexibility index (Phi) is 3.98. The highest BCUT2D eigenvalue weighted by Gasteiger charge is 2.27. The Morgan fingerprint density at radius 1 is 1.26 bits per heavy atom. The lowest BCUT2D eigenvalue weighted by atomic mass is 10.2. The predicted molar refractivity (Wildman–Crippen MR) is 67.6 cm³/mol. The quantitative estimate of drug-likeness (QED) is 0.803. The van der Waals surface area contributed by atoms with Gasteiger partial charge in [-0.25, -0.2) is 9.97 Å². The van der Waals surface area contributed by atoms with Gasteiger partial charge in [0, 0.05) is 4.88 Å². The van der Waals surface area contributed by atoms with E-state index in [1.165, 1.54) is 11.3 Å². The number of nitrogens with zero attached hydrogens (tertiary/aromatic N) is 2. The lowest BCUT2D eigenvalue weighted by Gasteiger charge is -2.07. The van der Waals surface area contributed by atoms with Gasteiger partial charge in [-0.3, -0.25) is 0 Å². The summed E-state index contributed by atoms with van der Waals surface area (Å²) in [5.41, 5.74) is 0.993. The van der Waals surface area contributed by atoms with E-state index in [9.17, 15) is 13.2 Å². The van der Waals surface area contributed by atoms with Gasteiger partial charge >= 0.3 is 6.18 Å². The molecule has 0 atom stereocenters. The van der Waals surface area contributed by atoms with Gasteiger partial charge < -0.3 is 4.74 Å². The zero-order chi connectivity index (χ0) is 14.2. The van der Waals surface area contributed by atoms with Crippen LogP contribution in [0.5, 0.6) is 0 Å². The van der Waals surface area contributed by atoms with Crippen LogP contribution in [0, 0.1) is 13.8 Å². The molecular formula is C11H10ClF3N2OS. The first-order valence-electron chi connectivity index (χ1n) is 5.34. The second-order valence-corrected chi connectivity index (χ2v) is 5.56. The van der Waals surface area contributed by atoms with Crippen molar-refractivity contribution in [1.82, 2.24) is 9.97 Å². The van der Waals surface area contributed by atoms with E-state index in [0.717, 1.165) is 15.8 Å². The van der Waals surface area contributed by atoms with Gasteiger partial charge in [-0.1, -0.05) is 11.6 Å². The minimum absolute atomic E-state index is 0.156. The van der Waals surface area contributed by atoms with Gasteiger partial charge in [0.25, 0.3) is 0 Å². The summed E-state index contributed by atoms with van der Waals surface area (Å²) in [7, 11) is 0. The summed E-state index contributed by atoms with van der Waals surface area (Å²) in [6, 6.07) is 0. The fourth-order valence-electron chi connectivity index (χ4n) is 1.56. The summed E-state index contributed by atoms with van der Waals surface area (Å²) in [6.45, 7) is 2.20. The van der Waals surface area contributed by atoms with Crippen LogP contribution in [0.15, 0.2) is 0 Å². The molecule has 0 unspecified atom stereocenters. The molecule has 19 heavy (non-hydrogen) atoms. The zero-order valence-electron chi connectivity index (χ0n) is 10.1. The van der Waals surface area contributed by atoms with Crippen molar-refractivity contribution < 1.29 is 17.9 Å². The number of hydrogen-bond donors (Lipinski definition) is 0. The maximum atomic E-state index is 12.0. The Morgan fingerprint density at radius 2 is 1.95 bits per heavy atom. The van der Waals surface area contributed by atoms with E-state index in [2.05, 4.69) is 14.7 Å². The van der Waals surface area contributed by atoms with Crippen molar-refractivity contribution in [3.05, 3.63) is 21.4 Å². The molecule has 0 bridgehead atoms. The molecule has 0 aliphatic carbocycles. The maximum absolute atomic E-state index is 12.0. The molecule has 0 aliphatic rings. The molecule has 2 aromatic heterocycles. The third-order valence-corrected chi connectivity index (χ3v) is 3.90. The largest absolute Gasteiger partial charge is 0.411 e. The fraction of sp³-hybridized carbons (Fsp3) is 0.455. The molecule has 0 N–H and O–H groups in total. The Labute approximate surface area is 116 Å². The van der Waals surface area contributed by atoms with Crippen molar-refractivity contribution in [2.24, 2.45) is 0 Å². The average molecular weight is 311 g/mol. The van der Waals surface area contributed by atoms with Gasteiger partial charge in [0.05, 0.1) is 5.39 Å². The molecule has 8 heteroatoms. The lowest BCUT2D eigenvalue weighted by Crippen LogP contribution is -2.17. The highest BCUT2D eigenvalue weighted by Crippen LogP contribution is 2.32. The maximum Gasteiger partial charge on any atom is 0.411 e. The summed E-state index contributed by atoms with van der Waals surface area (Å²) in [6.07, 6.45) is -4.36. The van der Waals surface area contributed by atoms with Crippen molar-refractivity contribution in [1.29, 1.82) is 0 Å². The van der Waals surface area contributed by atoms with Gasteiger partial charge in [-0.15, -0.1) is 11.3 Å². The number of fused-ring (bicyclic) bond motifs is 1. The number of alkyl halides is 3. The predicted octanol–water partition coefficient (Wildman–Crippen LogP) is 4.04. The van der Waals surface area contributed by atoms with E-state index < -0.39 is 12.8 Å². The Bertz CT molecular complexity index is 612. The average Bonchev–Trinajstić information content (AvgIpc) is 2.53. The van der Waals surface area contributed by atoms with Crippen LogP contribution in [0.3, 0.4) is 0 Å². The van der Waals surface area contributed by atoms with E-state index in [-0.39, 0.29) is 17.6 Å². The normalized spacial score (nSPS) is 12.3. The smallest absolute Gasteiger partial charge is 0.364 e. The second kappa shape index (κ2) is 5.22. The van der Waals surface area contributed by atoms with E-state index in [1.807, 2.05) is 13.8 Å². The van der Waals surface area contributed by atoms with Gasteiger partial charge in [0.15, 0.2) is 5.82 Å². The summed E-state index contributed by atoms with van der Waals surface area (Å²) in [4.78, 5) is 9.85. The van der Waals surface area contributed by atoms with Crippen LogP contribution < -0.4 is 0 Å². The molecule has 0 saturated carbocycles. The molecule has 0 aromatic carbocycles. The molecule has 0 fully saturated rings. The number of hydrogen-bond acceptors (Lipinski definition) is 4. The Morgan fingerprint density at radius 3 is 2.58 bits per heavy atom. The van der Waals surface area contributed by atoms with Gasteiger partial charge in [0.2, 0.25) is 0 Å². The van der Waals surface area contributed by atoms with Crippen molar-refractivity contribution in [2.45, 2.75) is 26.6 Å². The third kappa shape index (κ3) is 3.34. The summed E-state index contributed by atoms with van der Waals surface area (Å²) < 4.78 is 40.4. The molecule has 2 rings (SSSR count). The number of thiophene rings is 1. The first-order valence-corrected chi connectivity index (χ1v) is 6.54. The minimum Gasteiger partial charge on any atom is -0.364 e. The SMILES string of the molecule is Cc1sc2nc(COCC(F)(F)F)nc(Cl)c2c1C. The highest BCUT2D eigenvalue weighted by atomic mass is 35.5. The second-order valence-electron chi connectivity index (χ2n) is 4.00. The van der Waals surface area contributed by atoms with Crippen LogP contribution in [-0.4, -0.2) is 22.8 Å². The third-order valence-electron chi connectivity index (χ3n) is 2.53. The van der Waals surface area contributed by atoms with E-state index in [4.69, 9.17) is 11.6 Å². The minimum atomic E-state index is -4.36. The topological polar surface area (TPSA) is 35.0 Å². The molecule has 2 aromatic rings. The van der Waals surface area contributed by atoms with Crippen LogP contribution in [0.25, 0.3) is 10.2 Å². The van der Waals surface area contributed by atoms with Gasteiger partial charge in [-0.2, -0.15) is 13.2 Å². The van der Waals surface area contributed by atoms with Crippen molar-refractivity contribution >= 4 is 33.2 Å². The summed E-state index contributed by atoms with van der Waals surface area (Å²) in [5, 5.41) is 1.00. The highest BCUT2D eigenvalue weighted by molar-refractivity contribution is 7.18. The Balaban J connectivity index is 2.22. The summed E-state index contributed by atoms with van der Waals surface area (Å²) >= 11 is 7.46. The number of rotatable bonds is 3. The zero-order valence-corrected chi connectivity index (χ0v) is 11.7. The number of ether oxygens (including phenoxy) is 1. The molecule has 2 heterocycles. The van der Waals surface area contributed by atoms with Crippen LogP contribution in [0.4, 0.5) is 13.2 Å². The number of aromatic nitrogens is 2. The van der Waals surface area contributed by atoms with Crippen molar-refractivity contribution in [3.63, 3.8) is 0 Å². The monoisotopic (exact) mass is 310 g/mol. The van der Waals surface area contributed by atoms with Crippen molar-refractivity contribution in [3.8, 4) is 0 Å². The molecule has 104 valence electrons.